The van der Waals surface area contributed by atoms with Crippen LogP contribution in [0.1, 0.15) is 18.0 Å². The van der Waals surface area contributed by atoms with Gasteiger partial charge in [0.15, 0.2) is 0 Å². The first kappa shape index (κ1) is 16.9. The van der Waals surface area contributed by atoms with Gasteiger partial charge in [0, 0.05) is 30.0 Å². The summed E-state index contributed by atoms with van der Waals surface area (Å²) in [6.45, 7) is 0. The van der Waals surface area contributed by atoms with Crippen LogP contribution in [0.15, 0.2) is 47.6 Å². The summed E-state index contributed by atoms with van der Waals surface area (Å²) in [6, 6.07) is 9.01. The third-order valence-corrected chi connectivity index (χ3v) is 3.87. The van der Waals surface area contributed by atoms with E-state index in [-0.39, 0.29) is 17.9 Å². The summed E-state index contributed by atoms with van der Waals surface area (Å²) in [5.74, 6) is -1.50. The lowest BCUT2D eigenvalue weighted by molar-refractivity contribution is -0.121. The van der Waals surface area contributed by atoms with Crippen molar-refractivity contribution in [2.24, 2.45) is 0 Å². The minimum atomic E-state index is -1.15. The highest BCUT2D eigenvalue weighted by atomic mass is 32.2. The van der Waals surface area contributed by atoms with Crippen molar-refractivity contribution >= 4 is 17.7 Å². The average Bonchev–Trinajstić information content (AvgIpc) is 2.54. The highest BCUT2D eigenvalue weighted by molar-refractivity contribution is 7.99. The fraction of sp³-hybridized carbons (Fsp3) is 0.188. The van der Waals surface area contributed by atoms with Gasteiger partial charge in [-0.15, -0.1) is 11.8 Å². The number of carbonyl (C=O) groups excluding carboxylic acids is 1. The highest BCUT2D eigenvalue weighted by Gasteiger charge is 2.18. The molecule has 1 amide bonds. The SMILES string of the molecule is N#CC(NC(=O)CCSc1ccccn1)c1ccc(F)cc1F. The molecule has 0 aliphatic carbocycles. The van der Waals surface area contributed by atoms with Gasteiger partial charge in [-0.3, -0.25) is 4.79 Å². The van der Waals surface area contributed by atoms with Crippen LogP contribution in [0.25, 0.3) is 0 Å². The molecule has 1 atom stereocenters. The molecular formula is C16H13F2N3OS. The van der Waals surface area contributed by atoms with Crippen LogP contribution in [-0.2, 0) is 4.79 Å². The molecule has 0 saturated carbocycles. The zero-order chi connectivity index (χ0) is 16.7. The van der Waals surface area contributed by atoms with E-state index in [2.05, 4.69) is 10.3 Å². The lowest BCUT2D eigenvalue weighted by Crippen LogP contribution is -2.28. The first-order chi connectivity index (χ1) is 11.1. The van der Waals surface area contributed by atoms with Gasteiger partial charge < -0.3 is 5.32 Å². The Morgan fingerprint density at radius 2 is 2.17 bits per heavy atom. The number of pyridine rings is 1. The van der Waals surface area contributed by atoms with E-state index in [0.29, 0.717) is 11.8 Å². The smallest absolute Gasteiger partial charge is 0.222 e. The number of amides is 1. The molecule has 4 nitrogen and oxygen atoms in total. The van der Waals surface area contributed by atoms with Gasteiger partial charge in [0.25, 0.3) is 0 Å². The summed E-state index contributed by atoms with van der Waals surface area (Å²) >= 11 is 1.41. The summed E-state index contributed by atoms with van der Waals surface area (Å²) in [7, 11) is 0. The van der Waals surface area contributed by atoms with Gasteiger partial charge in [0.1, 0.15) is 17.7 Å². The topological polar surface area (TPSA) is 65.8 Å². The first-order valence-electron chi connectivity index (χ1n) is 6.78. The maximum atomic E-state index is 13.7. The lowest BCUT2D eigenvalue weighted by atomic mass is 10.1. The Labute approximate surface area is 136 Å². The maximum absolute atomic E-state index is 13.7. The number of nitriles is 1. The number of hydrogen-bond acceptors (Lipinski definition) is 4. The van der Waals surface area contributed by atoms with Crippen LogP contribution in [0.4, 0.5) is 8.78 Å². The van der Waals surface area contributed by atoms with Gasteiger partial charge >= 0.3 is 0 Å². The number of nitrogens with one attached hydrogen (secondary N) is 1. The van der Waals surface area contributed by atoms with Gasteiger partial charge in [0.05, 0.1) is 11.1 Å². The quantitative estimate of drug-likeness (QED) is 0.824. The van der Waals surface area contributed by atoms with Gasteiger partial charge in [-0.1, -0.05) is 12.1 Å². The van der Waals surface area contributed by atoms with Crippen LogP contribution in [0.5, 0.6) is 0 Å². The summed E-state index contributed by atoms with van der Waals surface area (Å²) in [4.78, 5) is 16.0. The van der Waals surface area contributed by atoms with Crippen molar-refractivity contribution in [3.8, 4) is 6.07 Å². The van der Waals surface area contributed by atoms with E-state index in [1.165, 1.54) is 11.8 Å². The summed E-state index contributed by atoms with van der Waals surface area (Å²) in [6.07, 6.45) is 1.81. The van der Waals surface area contributed by atoms with Crippen LogP contribution in [0.2, 0.25) is 0 Å². The van der Waals surface area contributed by atoms with Gasteiger partial charge in [-0.05, 0) is 18.2 Å². The maximum Gasteiger partial charge on any atom is 0.222 e. The second-order valence-corrected chi connectivity index (χ2v) is 5.68. The van der Waals surface area contributed by atoms with Crippen LogP contribution in [0, 0.1) is 23.0 Å². The van der Waals surface area contributed by atoms with Gasteiger partial charge in [-0.2, -0.15) is 5.26 Å². The monoisotopic (exact) mass is 333 g/mol. The van der Waals surface area contributed by atoms with Crippen molar-refractivity contribution in [3.63, 3.8) is 0 Å². The number of thioether (sulfide) groups is 1. The molecule has 2 aromatic rings. The van der Waals surface area contributed by atoms with Crippen LogP contribution < -0.4 is 5.32 Å². The number of benzene rings is 1. The zero-order valence-electron chi connectivity index (χ0n) is 12.0. The van der Waals surface area contributed by atoms with E-state index in [1.54, 1.807) is 18.3 Å². The summed E-state index contributed by atoms with van der Waals surface area (Å²) in [5.41, 5.74) is -0.0559. The van der Waals surface area contributed by atoms with Crippen molar-refractivity contribution in [1.82, 2.24) is 10.3 Å². The second kappa shape index (κ2) is 8.25. The third-order valence-electron chi connectivity index (χ3n) is 2.92. The van der Waals surface area contributed by atoms with E-state index in [1.807, 2.05) is 12.1 Å². The fourth-order valence-corrected chi connectivity index (χ4v) is 2.64. The van der Waals surface area contributed by atoms with E-state index < -0.39 is 17.7 Å². The zero-order valence-corrected chi connectivity index (χ0v) is 12.8. The number of hydrogen-bond donors (Lipinski definition) is 1. The molecule has 0 radical (unpaired) electrons. The summed E-state index contributed by atoms with van der Waals surface area (Å²) < 4.78 is 26.5. The molecule has 23 heavy (non-hydrogen) atoms. The van der Waals surface area contributed by atoms with Crippen LogP contribution in [0.3, 0.4) is 0 Å². The molecule has 0 aliphatic heterocycles. The molecule has 7 heteroatoms. The minimum absolute atomic E-state index is 0.0559. The molecule has 0 fully saturated rings. The molecule has 1 heterocycles. The first-order valence-corrected chi connectivity index (χ1v) is 7.76. The minimum Gasteiger partial charge on any atom is -0.337 e. The molecule has 0 saturated heterocycles. The molecule has 1 unspecified atom stereocenters. The van der Waals surface area contributed by atoms with Gasteiger partial charge in [-0.25, -0.2) is 13.8 Å². The van der Waals surface area contributed by atoms with Gasteiger partial charge in [0.2, 0.25) is 5.91 Å². The predicted octanol–water partition coefficient (Wildman–Crippen LogP) is 3.22. The molecule has 0 aliphatic rings. The van der Waals surface area contributed by atoms with E-state index >= 15 is 0 Å². The van der Waals surface area contributed by atoms with Crippen molar-refractivity contribution in [2.75, 3.05) is 5.75 Å². The fourth-order valence-electron chi connectivity index (χ4n) is 1.83. The van der Waals surface area contributed by atoms with Crippen molar-refractivity contribution < 1.29 is 13.6 Å². The lowest BCUT2D eigenvalue weighted by Gasteiger charge is -2.12. The van der Waals surface area contributed by atoms with Crippen molar-refractivity contribution in [3.05, 3.63) is 59.8 Å². The van der Waals surface area contributed by atoms with Crippen molar-refractivity contribution in [1.29, 1.82) is 5.26 Å². The van der Waals surface area contributed by atoms with E-state index in [9.17, 15) is 13.6 Å². The molecule has 1 aromatic heterocycles. The number of halogens is 2. The Bertz CT molecular complexity index is 719. The normalized spacial score (nSPS) is 11.5. The Hall–Kier alpha value is -2.46. The summed E-state index contributed by atoms with van der Waals surface area (Å²) in [5, 5.41) is 12.3. The van der Waals surface area contributed by atoms with Crippen molar-refractivity contribution in [2.45, 2.75) is 17.5 Å². The molecule has 2 rings (SSSR count). The third kappa shape index (κ3) is 5.04. The molecular weight excluding hydrogens is 320 g/mol. The number of rotatable bonds is 6. The molecule has 1 N–H and O–H groups in total. The Balaban J connectivity index is 1.89. The molecule has 0 spiro atoms. The van der Waals surface area contributed by atoms with E-state index in [0.717, 1.165) is 17.2 Å². The highest BCUT2D eigenvalue weighted by Crippen LogP contribution is 2.19. The second-order valence-electron chi connectivity index (χ2n) is 4.56. The van der Waals surface area contributed by atoms with Crippen LogP contribution >= 0.6 is 11.8 Å². The molecule has 118 valence electrons. The number of nitrogens with zero attached hydrogens (tertiary/aromatic N) is 2. The largest absolute Gasteiger partial charge is 0.337 e. The number of aromatic nitrogens is 1. The Morgan fingerprint density at radius 1 is 1.35 bits per heavy atom. The standard InChI is InChI=1S/C16H13F2N3OS/c17-11-4-5-12(13(18)9-11)14(10-19)21-15(22)6-8-23-16-3-1-2-7-20-16/h1-5,7,9,14H,6,8H2,(H,21,22). The number of carbonyl (C=O) groups is 1. The Morgan fingerprint density at radius 3 is 2.83 bits per heavy atom. The Kier molecular flexibility index (Phi) is 6.06. The van der Waals surface area contributed by atoms with E-state index in [4.69, 9.17) is 5.26 Å². The van der Waals surface area contributed by atoms with Crippen LogP contribution in [-0.4, -0.2) is 16.6 Å². The predicted molar refractivity (Wildman–Crippen MR) is 82.4 cm³/mol. The average molecular weight is 333 g/mol. The molecule has 1 aromatic carbocycles. The molecule has 0 bridgehead atoms.